The van der Waals surface area contributed by atoms with Crippen molar-refractivity contribution < 1.29 is 0 Å². The van der Waals surface area contributed by atoms with Gasteiger partial charge in [0.15, 0.2) is 5.43 Å². The summed E-state index contributed by atoms with van der Waals surface area (Å²) in [6.07, 6.45) is 8.00. The summed E-state index contributed by atoms with van der Waals surface area (Å²) in [4.78, 5) is 27.3. The minimum absolute atomic E-state index is 0.130. The zero-order chi connectivity index (χ0) is 24.4. The molecule has 0 unspecified atom stereocenters. The second kappa shape index (κ2) is 10.0. The van der Waals surface area contributed by atoms with Gasteiger partial charge in [0, 0.05) is 74.0 Å². The third-order valence-corrected chi connectivity index (χ3v) is 6.99. The second-order valence-electron chi connectivity index (χ2n) is 9.73. The van der Waals surface area contributed by atoms with Crippen molar-refractivity contribution in [3.05, 3.63) is 99.9 Å². The molecule has 0 spiro atoms. The van der Waals surface area contributed by atoms with Crippen LogP contribution in [0.15, 0.2) is 71.9 Å². The fourth-order valence-corrected chi connectivity index (χ4v) is 5.43. The number of aromatic nitrogens is 3. The van der Waals surface area contributed by atoms with Crippen molar-refractivity contribution in [2.24, 2.45) is 7.05 Å². The first-order valence-corrected chi connectivity index (χ1v) is 12.4. The molecule has 4 aromatic rings. The standard InChI is InChI=1S/C29H33N5O/c1-21-14-23(15-22(2)31-21)17-34(26-9-7-13-33(20-26)25-8-6-12-30-16-25)19-24-18-32(3)28-11-5-4-10-27(28)29(24)35/h4-6,8,10-12,14-16,18,26H,7,9,13,17,19-20H2,1-3H3/t26-/m0/s1. The highest BCUT2D eigenvalue weighted by Gasteiger charge is 2.27. The zero-order valence-corrected chi connectivity index (χ0v) is 20.8. The summed E-state index contributed by atoms with van der Waals surface area (Å²) in [6, 6.07) is 16.7. The van der Waals surface area contributed by atoms with Gasteiger partial charge in [0.05, 0.1) is 17.4 Å². The van der Waals surface area contributed by atoms with Gasteiger partial charge in [0.2, 0.25) is 0 Å². The van der Waals surface area contributed by atoms with Crippen LogP contribution in [0.25, 0.3) is 10.9 Å². The Balaban J connectivity index is 1.49. The number of hydrogen-bond acceptors (Lipinski definition) is 5. The molecular weight excluding hydrogens is 434 g/mol. The van der Waals surface area contributed by atoms with E-state index in [-0.39, 0.29) is 5.43 Å². The fourth-order valence-electron chi connectivity index (χ4n) is 5.43. The second-order valence-corrected chi connectivity index (χ2v) is 9.73. The number of piperidine rings is 1. The number of pyridine rings is 3. The van der Waals surface area contributed by atoms with E-state index in [9.17, 15) is 4.79 Å². The molecule has 0 radical (unpaired) electrons. The van der Waals surface area contributed by atoms with Gasteiger partial charge in [-0.1, -0.05) is 12.1 Å². The first kappa shape index (κ1) is 23.2. The summed E-state index contributed by atoms with van der Waals surface area (Å²) in [5.74, 6) is 0. The van der Waals surface area contributed by atoms with E-state index in [0.29, 0.717) is 12.6 Å². The molecule has 0 aliphatic carbocycles. The van der Waals surface area contributed by atoms with Crippen molar-refractivity contribution in [3.63, 3.8) is 0 Å². The molecule has 3 aromatic heterocycles. The number of anilines is 1. The Labute approximate surface area is 206 Å². The van der Waals surface area contributed by atoms with E-state index in [0.717, 1.165) is 66.0 Å². The summed E-state index contributed by atoms with van der Waals surface area (Å²) in [6.45, 7) is 7.44. The Kier molecular flexibility index (Phi) is 6.64. The van der Waals surface area contributed by atoms with E-state index in [4.69, 9.17) is 0 Å². The predicted molar refractivity (Wildman–Crippen MR) is 142 cm³/mol. The Morgan fingerprint density at radius 1 is 1.06 bits per heavy atom. The maximum Gasteiger partial charge on any atom is 0.193 e. The molecule has 6 heteroatoms. The summed E-state index contributed by atoms with van der Waals surface area (Å²) < 4.78 is 2.08. The zero-order valence-electron chi connectivity index (χ0n) is 20.8. The van der Waals surface area contributed by atoms with Crippen molar-refractivity contribution in [1.29, 1.82) is 0 Å². The molecule has 0 amide bonds. The van der Waals surface area contributed by atoms with Crippen molar-refractivity contribution in [1.82, 2.24) is 19.4 Å². The van der Waals surface area contributed by atoms with Crippen molar-refractivity contribution in [2.45, 2.75) is 45.8 Å². The molecule has 1 fully saturated rings. The highest BCUT2D eigenvalue weighted by atomic mass is 16.1. The number of benzene rings is 1. The summed E-state index contributed by atoms with van der Waals surface area (Å²) in [5.41, 5.74) is 6.40. The first-order chi connectivity index (χ1) is 17.0. The third-order valence-electron chi connectivity index (χ3n) is 6.99. The highest BCUT2D eigenvalue weighted by Crippen LogP contribution is 2.25. The molecule has 0 saturated carbocycles. The molecular formula is C29H33N5O. The number of rotatable bonds is 6. The molecule has 1 saturated heterocycles. The fraction of sp³-hybridized carbons (Fsp3) is 0.345. The number of nitrogens with zero attached hydrogens (tertiary/aromatic N) is 5. The lowest BCUT2D eigenvalue weighted by atomic mass is 10.0. The van der Waals surface area contributed by atoms with Crippen LogP contribution < -0.4 is 10.3 Å². The Morgan fingerprint density at radius 3 is 2.63 bits per heavy atom. The molecule has 180 valence electrons. The third kappa shape index (κ3) is 5.13. The minimum atomic E-state index is 0.130. The van der Waals surface area contributed by atoms with Crippen LogP contribution in [-0.2, 0) is 20.1 Å². The number of hydrogen-bond donors (Lipinski definition) is 0. The van der Waals surface area contributed by atoms with Crippen LogP contribution in [0.3, 0.4) is 0 Å². The van der Waals surface area contributed by atoms with Crippen LogP contribution in [-0.4, -0.2) is 38.6 Å². The van der Waals surface area contributed by atoms with Gasteiger partial charge in [0.1, 0.15) is 0 Å². The van der Waals surface area contributed by atoms with Gasteiger partial charge < -0.3 is 9.47 Å². The largest absolute Gasteiger partial charge is 0.369 e. The molecule has 1 aliphatic rings. The molecule has 1 aromatic carbocycles. The lowest BCUT2D eigenvalue weighted by Crippen LogP contribution is -2.48. The van der Waals surface area contributed by atoms with Crippen LogP contribution in [0.4, 0.5) is 5.69 Å². The summed E-state index contributed by atoms with van der Waals surface area (Å²) in [7, 11) is 2.02. The van der Waals surface area contributed by atoms with Crippen molar-refractivity contribution in [2.75, 3.05) is 18.0 Å². The van der Waals surface area contributed by atoms with E-state index >= 15 is 0 Å². The van der Waals surface area contributed by atoms with Crippen LogP contribution in [0.2, 0.25) is 0 Å². The molecule has 1 atom stereocenters. The van der Waals surface area contributed by atoms with Crippen LogP contribution in [0.1, 0.15) is 35.4 Å². The van der Waals surface area contributed by atoms with E-state index in [1.165, 1.54) is 5.56 Å². The normalized spacial score (nSPS) is 16.2. The monoisotopic (exact) mass is 467 g/mol. The Bertz CT molecular complexity index is 1360. The number of aryl methyl sites for hydroxylation is 3. The Hall–Kier alpha value is -3.51. The van der Waals surface area contributed by atoms with Gasteiger partial charge in [-0.3, -0.25) is 19.7 Å². The van der Waals surface area contributed by atoms with Gasteiger partial charge in [0.25, 0.3) is 0 Å². The minimum Gasteiger partial charge on any atom is -0.369 e. The average Bonchev–Trinajstić information content (AvgIpc) is 2.87. The van der Waals surface area contributed by atoms with E-state index in [1.807, 2.05) is 69.8 Å². The maximum atomic E-state index is 13.5. The van der Waals surface area contributed by atoms with Crippen LogP contribution in [0, 0.1) is 13.8 Å². The van der Waals surface area contributed by atoms with Gasteiger partial charge in [-0.05, 0) is 68.7 Å². The van der Waals surface area contributed by atoms with E-state index in [1.54, 1.807) is 0 Å². The smallest absolute Gasteiger partial charge is 0.193 e. The quantitative estimate of drug-likeness (QED) is 0.414. The molecule has 0 N–H and O–H groups in total. The molecule has 0 bridgehead atoms. The molecule has 4 heterocycles. The van der Waals surface area contributed by atoms with E-state index in [2.05, 4.69) is 42.5 Å². The van der Waals surface area contributed by atoms with Gasteiger partial charge in [-0.2, -0.15) is 0 Å². The molecule has 5 rings (SSSR count). The van der Waals surface area contributed by atoms with E-state index < -0.39 is 0 Å². The average molecular weight is 468 g/mol. The summed E-state index contributed by atoms with van der Waals surface area (Å²) >= 11 is 0. The molecule has 35 heavy (non-hydrogen) atoms. The van der Waals surface area contributed by atoms with Crippen molar-refractivity contribution in [3.8, 4) is 0 Å². The first-order valence-electron chi connectivity index (χ1n) is 12.4. The number of fused-ring (bicyclic) bond motifs is 1. The summed E-state index contributed by atoms with van der Waals surface area (Å²) in [5, 5.41) is 0.781. The maximum absolute atomic E-state index is 13.5. The van der Waals surface area contributed by atoms with Crippen LogP contribution in [0.5, 0.6) is 0 Å². The Morgan fingerprint density at radius 2 is 1.86 bits per heavy atom. The molecule has 1 aliphatic heterocycles. The topological polar surface area (TPSA) is 54.3 Å². The SMILES string of the molecule is Cc1cc(CN(Cc2cn(C)c3ccccc3c2=O)[C@H]2CCCN(c3cccnc3)C2)cc(C)n1. The number of para-hydroxylation sites is 1. The van der Waals surface area contributed by atoms with Crippen LogP contribution >= 0.6 is 0 Å². The predicted octanol–water partition coefficient (Wildman–Crippen LogP) is 4.62. The van der Waals surface area contributed by atoms with Crippen molar-refractivity contribution >= 4 is 16.6 Å². The van der Waals surface area contributed by atoms with Gasteiger partial charge >= 0.3 is 0 Å². The lowest BCUT2D eigenvalue weighted by Gasteiger charge is -2.40. The van der Waals surface area contributed by atoms with Gasteiger partial charge in [-0.25, -0.2) is 0 Å². The molecule has 6 nitrogen and oxygen atoms in total. The highest BCUT2D eigenvalue weighted by molar-refractivity contribution is 5.79. The van der Waals surface area contributed by atoms with Gasteiger partial charge in [-0.15, -0.1) is 0 Å². The lowest BCUT2D eigenvalue weighted by molar-refractivity contribution is 0.158.